The zero-order valence-electron chi connectivity index (χ0n) is 9.05. The van der Waals surface area contributed by atoms with Crippen molar-refractivity contribution in [3.63, 3.8) is 0 Å². The second-order valence-corrected chi connectivity index (χ2v) is 4.31. The Morgan fingerprint density at radius 3 is 2.46 bits per heavy atom. The molecule has 13 heavy (non-hydrogen) atoms. The van der Waals surface area contributed by atoms with E-state index in [9.17, 15) is 9.90 Å². The summed E-state index contributed by atoms with van der Waals surface area (Å²) >= 11 is 0. The molecule has 0 radical (unpaired) electrons. The fourth-order valence-corrected chi connectivity index (χ4v) is 1.26. The molecule has 0 aromatic carbocycles. The monoisotopic (exact) mass is 187 g/mol. The van der Waals surface area contributed by atoms with E-state index in [1.165, 1.54) is 6.92 Å². The molecule has 0 aromatic rings. The van der Waals surface area contributed by atoms with Gasteiger partial charge in [-0.15, -0.1) is 0 Å². The van der Waals surface area contributed by atoms with Crippen molar-refractivity contribution in [3.05, 3.63) is 0 Å². The molecule has 3 nitrogen and oxygen atoms in total. The molecular formula is C10H21NO2. The highest BCUT2D eigenvalue weighted by atomic mass is 16.3. The highest BCUT2D eigenvalue weighted by Crippen LogP contribution is 2.12. The molecule has 0 saturated carbocycles. The molecule has 0 aliphatic carbocycles. The van der Waals surface area contributed by atoms with E-state index in [2.05, 4.69) is 5.32 Å². The summed E-state index contributed by atoms with van der Waals surface area (Å²) in [5.41, 5.74) is -0.587. The maximum Gasteiger partial charge on any atom is 0.217 e. The number of carbonyl (C=O) groups is 1. The van der Waals surface area contributed by atoms with Gasteiger partial charge in [-0.1, -0.05) is 0 Å². The molecular weight excluding hydrogens is 166 g/mol. The lowest BCUT2D eigenvalue weighted by atomic mass is 10.00. The minimum atomic E-state index is -0.587. The van der Waals surface area contributed by atoms with E-state index in [4.69, 9.17) is 0 Å². The van der Waals surface area contributed by atoms with Gasteiger partial charge >= 0.3 is 0 Å². The van der Waals surface area contributed by atoms with Crippen molar-refractivity contribution in [2.75, 3.05) is 0 Å². The van der Waals surface area contributed by atoms with Gasteiger partial charge in [0.25, 0.3) is 0 Å². The second-order valence-electron chi connectivity index (χ2n) is 4.31. The van der Waals surface area contributed by atoms with Crippen LogP contribution in [-0.4, -0.2) is 22.7 Å². The van der Waals surface area contributed by atoms with Crippen LogP contribution >= 0.6 is 0 Å². The smallest absolute Gasteiger partial charge is 0.217 e. The summed E-state index contributed by atoms with van der Waals surface area (Å²) in [6.45, 7) is 7.10. The number of hydrogen-bond donors (Lipinski definition) is 2. The van der Waals surface area contributed by atoms with Crippen LogP contribution in [0.1, 0.15) is 47.0 Å². The van der Waals surface area contributed by atoms with Crippen LogP contribution in [0.25, 0.3) is 0 Å². The van der Waals surface area contributed by atoms with Crippen LogP contribution in [0.5, 0.6) is 0 Å². The average molecular weight is 187 g/mol. The van der Waals surface area contributed by atoms with Gasteiger partial charge in [0.05, 0.1) is 5.60 Å². The van der Waals surface area contributed by atoms with Gasteiger partial charge in [0.15, 0.2) is 0 Å². The van der Waals surface area contributed by atoms with Gasteiger partial charge in [0.1, 0.15) is 0 Å². The Hall–Kier alpha value is -0.570. The highest BCUT2D eigenvalue weighted by molar-refractivity contribution is 5.73. The number of amides is 1. The SMILES string of the molecule is CC(=O)NC(C)CCCC(C)(C)O. The molecule has 1 atom stereocenters. The topological polar surface area (TPSA) is 49.3 Å². The lowest BCUT2D eigenvalue weighted by molar-refractivity contribution is -0.119. The fraction of sp³-hybridized carbons (Fsp3) is 0.900. The Morgan fingerprint density at radius 2 is 2.08 bits per heavy atom. The van der Waals surface area contributed by atoms with Gasteiger partial charge in [0.2, 0.25) is 5.91 Å². The zero-order chi connectivity index (χ0) is 10.5. The van der Waals surface area contributed by atoms with E-state index in [1.807, 2.05) is 6.92 Å². The average Bonchev–Trinajstić information content (AvgIpc) is 1.81. The Bertz CT molecular complexity index is 161. The van der Waals surface area contributed by atoms with E-state index in [1.54, 1.807) is 13.8 Å². The number of nitrogens with one attached hydrogen (secondary N) is 1. The van der Waals surface area contributed by atoms with Crippen molar-refractivity contribution in [3.8, 4) is 0 Å². The summed E-state index contributed by atoms with van der Waals surface area (Å²) < 4.78 is 0. The molecule has 0 bridgehead atoms. The van der Waals surface area contributed by atoms with Gasteiger partial charge in [0, 0.05) is 13.0 Å². The lowest BCUT2D eigenvalue weighted by Gasteiger charge is -2.18. The normalized spacial score (nSPS) is 13.9. The van der Waals surface area contributed by atoms with Gasteiger partial charge in [-0.25, -0.2) is 0 Å². The number of aliphatic hydroxyl groups is 1. The number of carbonyl (C=O) groups excluding carboxylic acids is 1. The van der Waals surface area contributed by atoms with Gasteiger partial charge in [-0.2, -0.15) is 0 Å². The van der Waals surface area contributed by atoms with Crippen LogP contribution in [0.3, 0.4) is 0 Å². The molecule has 3 heteroatoms. The fourth-order valence-electron chi connectivity index (χ4n) is 1.26. The first-order chi connectivity index (χ1) is 5.81. The minimum Gasteiger partial charge on any atom is -0.390 e. The van der Waals surface area contributed by atoms with E-state index < -0.39 is 5.60 Å². The zero-order valence-corrected chi connectivity index (χ0v) is 9.05. The first-order valence-electron chi connectivity index (χ1n) is 4.81. The lowest BCUT2D eigenvalue weighted by Crippen LogP contribution is -2.30. The molecule has 0 spiro atoms. The summed E-state index contributed by atoms with van der Waals surface area (Å²) in [4.78, 5) is 10.7. The van der Waals surface area contributed by atoms with E-state index >= 15 is 0 Å². The molecule has 2 N–H and O–H groups in total. The molecule has 1 amide bonds. The first kappa shape index (κ1) is 12.4. The molecule has 0 aliphatic heterocycles. The van der Waals surface area contributed by atoms with Crippen molar-refractivity contribution in [2.45, 2.75) is 58.6 Å². The van der Waals surface area contributed by atoms with Gasteiger partial charge in [-0.05, 0) is 40.0 Å². The minimum absolute atomic E-state index is 0.00996. The van der Waals surface area contributed by atoms with Crippen molar-refractivity contribution in [2.24, 2.45) is 0 Å². The summed E-state index contributed by atoms with van der Waals surface area (Å²) in [5, 5.41) is 12.2. The molecule has 0 heterocycles. The van der Waals surface area contributed by atoms with E-state index in [0.29, 0.717) is 0 Å². The van der Waals surface area contributed by atoms with Gasteiger partial charge in [-0.3, -0.25) is 4.79 Å². The van der Waals surface area contributed by atoms with Crippen LogP contribution in [0, 0.1) is 0 Å². The van der Waals surface area contributed by atoms with E-state index in [-0.39, 0.29) is 11.9 Å². The van der Waals surface area contributed by atoms with Crippen LogP contribution in [-0.2, 0) is 4.79 Å². The van der Waals surface area contributed by atoms with Crippen molar-refractivity contribution >= 4 is 5.91 Å². The third-order valence-corrected chi connectivity index (χ3v) is 1.88. The molecule has 0 aliphatic rings. The highest BCUT2D eigenvalue weighted by Gasteiger charge is 2.12. The standard InChI is InChI=1S/C10H21NO2/c1-8(11-9(2)12)6-5-7-10(3,4)13/h8,13H,5-7H2,1-4H3,(H,11,12). The van der Waals surface area contributed by atoms with Crippen molar-refractivity contribution in [1.29, 1.82) is 0 Å². The molecule has 0 aromatic heterocycles. The Kier molecular flexibility index (Phi) is 4.99. The maximum absolute atomic E-state index is 10.7. The number of hydrogen-bond acceptors (Lipinski definition) is 2. The van der Waals surface area contributed by atoms with Crippen molar-refractivity contribution in [1.82, 2.24) is 5.32 Å². The summed E-state index contributed by atoms with van der Waals surface area (Å²) in [7, 11) is 0. The molecule has 0 saturated heterocycles. The van der Waals surface area contributed by atoms with Crippen LogP contribution in [0.15, 0.2) is 0 Å². The number of rotatable bonds is 5. The predicted molar refractivity (Wildman–Crippen MR) is 53.4 cm³/mol. The molecule has 1 unspecified atom stereocenters. The predicted octanol–water partition coefficient (Wildman–Crippen LogP) is 1.45. The Labute approximate surface area is 80.5 Å². The van der Waals surface area contributed by atoms with Crippen LogP contribution < -0.4 is 5.32 Å². The maximum atomic E-state index is 10.7. The second kappa shape index (κ2) is 5.22. The Balaban J connectivity index is 3.48. The molecule has 0 fully saturated rings. The van der Waals surface area contributed by atoms with Crippen LogP contribution in [0.4, 0.5) is 0 Å². The summed E-state index contributed by atoms with van der Waals surface area (Å²) in [5.74, 6) is 0.00996. The van der Waals surface area contributed by atoms with E-state index in [0.717, 1.165) is 19.3 Å². The molecule has 0 rings (SSSR count). The Morgan fingerprint density at radius 1 is 1.54 bits per heavy atom. The quantitative estimate of drug-likeness (QED) is 0.684. The first-order valence-corrected chi connectivity index (χ1v) is 4.81. The molecule has 78 valence electrons. The summed E-state index contributed by atoms with van der Waals surface area (Å²) in [6, 6.07) is 0.208. The third kappa shape index (κ3) is 9.34. The summed E-state index contributed by atoms with van der Waals surface area (Å²) in [6.07, 6.45) is 2.63. The van der Waals surface area contributed by atoms with Gasteiger partial charge < -0.3 is 10.4 Å². The van der Waals surface area contributed by atoms with Crippen LogP contribution in [0.2, 0.25) is 0 Å². The van der Waals surface area contributed by atoms with Crippen molar-refractivity contribution < 1.29 is 9.90 Å². The third-order valence-electron chi connectivity index (χ3n) is 1.88. The largest absolute Gasteiger partial charge is 0.390 e.